The van der Waals surface area contributed by atoms with E-state index in [1.807, 2.05) is 4.90 Å². The molecule has 1 N–H and O–H groups in total. The van der Waals surface area contributed by atoms with E-state index in [0.29, 0.717) is 11.9 Å². The third-order valence-electron chi connectivity index (χ3n) is 5.37. The molecule has 1 aromatic rings. The summed E-state index contributed by atoms with van der Waals surface area (Å²) in [5.74, 6) is 1.15. The number of likely N-dealkylation sites (tertiary alicyclic amines) is 1. The Kier molecular flexibility index (Phi) is 5.14. The molecule has 1 saturated carbocycles. The van der Waals surface area contributed by atoms with E-state index in [-0.39, 0.29) is 0 Å². The first-order valence-corrected chi connectivity index (χ1v) is 8.82. The standard InChI is InChI=1S/C19H28N2O/c1-15(16-7-2-3-8-16)20-13-17-9-4-5-10-18(17)14-21-12-6-11-19(21)22/h4-5,9-10,15-16,20H,2-3,6-8,11-14H2,1H3. The molecule has 0 radical (unpaired) electrons. The number of benzene rings is 1. The van der Waals surface area contributed by atoms with Crippen LogP contribution in [-0.4, -0.2) is 23.4 Å². The van der Waals surface area contributed by atoms with Gasteiger partial charge in [0.15, 0.2) is 0 Å². The van der Waals surface area contributed by atoms with Crippen molar-refractivity contribution in [2.24, 2.45) is 5.92 Å². The number of nitrogens with zero attached hydrogens (tertiary/aromatic N) is 1. The zero-order valence-corrected chi connectivity index (χ0v) is 13.7. The molecule has 0 spiro atoms. The summed E-state index contributed by atoms with van der Waals surface area (Å²) < 4.78 is 0. The Morgan fingerprint density at radius 2 is 1.91 bits per heavy atom. The number of carbonyl (C=O) groups is 1. The molecule has 22 heavy (non-hydrogen) atoms. The van der Waals surface area contributed by atoms with Gasteiger partial charge in [-0.1, -0.05) is 37.1 Å². The number of carbonyl (C=O) groups excluding carboxylic acids is 1. The number of hydrogen-bond acceptors (Lipinski definition) is 2. The Morgan fingerprint density at radius 3 is 2.59 bits per heavy atom. The molecule has 3 heteroatoms. The van der Waals surface area contributed by atoms with Crippen LogP contribution in [0.25, 0.3) is 0 Å². The molecule has 2 aliphatic rings. The maximum atomic E-state index is 11.8. The molecule has 1 amide bonds. The second kappa shape index (κ2) is 7.28. The van der Waals surface area contributed by atoms with Gasteiger partial charge in [-0.15, -0.1) is 0 Å². The van der Waals surface area contributed by atoms with Crippen molar-refractivity contribution in [2.75, 3.05) is 6.54 Å². The van der Waals surface area contributed by atoms with Crippen molar-refractivity contribution in [1.29, 1.82) is 0 Å². The molecular formula is C19H28N2O. The molecule has 120 valence electrons. The summed E-state index contributed by atoms with van der Waals surface area (Å²) in [6, 6.07) is 9.14. The SMILES string of the molecule is CC(NCc1ccccc1CN1CCCC1=O)C1CCCC1. The molecule has 1 aliphatic carbocycles. The monoisotopic (exact) mass is 300 g/mol. The summed E-state index contributed by atoms with van der Waals surface area (Å²) in [6.45, 7) is 4.92. The van der Waals surface area contributed by atoms with Gasteiger partial charge < -0.3 is 10.2 Å². The zero-order valence-electron chi connectivity index (χ0n) is 13.7. The van der Waals surface area contributed by atoms with E-state index in [0.717, 1.165) is 38.4 Å². The fourth-order valence-corrected chi connectivity index (χ4v) is 3.86. The highest BCUT2D eigenvalue weighted by molar-refractivity contribution is 5.78. The van der Waals surface area contributed by atoms with Crippen LogP contribution in [0.4, 0.5) is 0 Å². The molecule has 1 unspecified atom stereocenters. The third-order valence-corrected chi connectivity index (χ3v) is 5.37. The van der Waals surface area contributed by atoms with Crippen LogP contribution in [0.5, 0.6) is 0 Å². The summed E-state index contributed by atoms with van der Waals surface area (Å²) in [7, 11) is 0. The van der Waals surface area contributed by atoms with Crippen molar-refractivity contribution in [2.45, 2.75) is 64.6 Å². The Balaban J connectivity index is 1.59. The maximum absolute atomic E-state index is 11.8. The van der Waals surface area contributed by atoms with Gasteiger partial charge in [0.05, 0.1) is 0 Å². The number of hydrogen-bond donors (Lipinski definition) is 1. The molecule has 1 aliphatic heterocycles. The summed E-state index contributed by atoms with van der Waals surface area (Å²) in [5, 5.41) is 3.71. The normalized spacial score (nSPS) is 20.8. The summed E-state index contributed by atoms with van der Waals surface area (Å²) >= 11 is 0. The minimum absolute atomic E-state index is 0.307. The van der Waals surface area contributed by atoms with E-state index in [9.17, 15) is 4.79 Å². The van der Waals surface area contributed by atoms with Crippen molar-refractivity contribution in [1.82, 2.24) is 10.2 Å². The van der Waals surface area contributed by atoms with Crippen molar-refractivity contribution in [3.8, 4) is 0 Å². The average Bonchev–Trinajstić information content (AvgIpc) is 3.19. The maximum Gasteiger partial charge on any atom is 0.222 e. The Bertz CT molecular complexity index is 508. The largest absolute Gasteiger partial charge is 0.338 e. The predicted octanol–water partition coefficient (Wildman–Crippen LogP) is 3.48. The lowest BCUT2D eigenvalue weighted by Gasteiger charge is -2.22. The van der Waals surface area contributed by atoms with Crippen LogP contribution >= 0.6 is 0 Å². The van der Waals surface area contributed by atoms with Crippen LogP contribution in [0.1, 0.15) is 56.6 Å². The first kappa shape index (κ1) is 15.5. The molecule has 0 bridgehead atoms. The van der Waals surface area contributed by atoms with Gasteiger partial charge in [-0.3, -0.25) is 4.79 Å². The summed E-state index contributed by atoms with van der Waals surface area (Å²) in [4.78, 5) is 13.8. The first-order chi connectivity index (χ1) is 10.7. The summed E-state index contributed by atoms with van der Waals surface area (Å²) in [6.07, 6.45) is 7.27. The van der Waals surface area contributed by atoms with Crippen molar-refractivity contribution in [3.63, 3.8) is 0 Å². The molecule has 0 aromatic heterocycles. The Labute approximate surface area is 134 Å². The highest BCUT2D eigenvalue weighted by Gasteiger charge is 2.22. The Morgan fingerprint density at radius 1 is 1.18 bits per heavy atom. The molecular weight excluding hydrogens is 272 g/mol. The van der Waals surface area contributed by atoms with Crippen molar-refractivity contribution < 1.29 is 4.79 Å². The van der Waals surface area contributed by atoms with E-state index < -0.39 is 0 Å². The lowest BCUT2D eigenvalue weighted by molar-refractivity contribution is -0.128. The van der Waals surface area contributed by atoms with E-state index in [1.54, 1.807) is 0 Å². The quantitative estimate of drug-likeness (QED) is 0.872. The predicted molar refractivity (Wildman–Crippen MR) is 89.4 cm³/mol. The Hall–Kier alpha value is -1.35. The van der Waals surface area contributed by atoms with Gasteiger partial charge >= 0.3 is 0 Å². The van der Waals surface area contributed by atoms with Gasteiger partial charge in [-0.2, -0.15) is 0 Å². The van der Waals surface area contributed by atoms with E-state index >= 15 is 0 Å². The van der Waals surface area contributed by atoms with Crippen LogP contribution in [0, 0.1) is 5.92 Å². The van der Waals surface area contributed by atoms with E-state index in [1.165, 1.54) is 36.8 Å². The first-order valence-electron chi connectivity index (χ1n) is 8.82. The lowest BCUT2D eigenvalue weighted by atomic mass is 9.99. The fraction of sp³-hybridized carbons (Fsp3) is 0.632. The average molecular weight is 300 g/mol. The molecule has 1 saturated heterocycles. The van der Waals surface area contributed by atoms with Gasteiger partial charge in [0.1, 0.15) is 0 Å². The van der Waals surface area contributed by atoms with Crippen molar-refractivity contribution in [3.05, 3.63) is 35.4 Å². The smallest absolute Gasteiger partial charge is 0.222 e. The molecule has 3 rings (SSSR count). The van der Waals surface area contributed by atoms with Crippen LogP contribution < -0.4 is 5.32 Å². The highest BCUT2D eigenvalue weighted by Crippen LogP contribution is 2.27. The molecule has 2 fully saturated rings. The molecule has 3 nitrogen and oxygen atoms in total. The minimum atomic E-state index is 0.307. The van der Waals surface area contributed by atoms with Gasteiger partial charge in [0.2, 0.25) is 5.91 Å². The molecule has 1 atom stereocenters. The van der Waals surface area contributed by atoms with Crippen molar-refractivity contribution >= 4 is 5.91 Å². The van der Waals surface area contributed by atoms with Gasteiger partial charge in [-0.05, 0) is 43.2 Å². The number of nitrogens with one attached hydrogen (secondary N) is 1. The van der Waals surface area contributed by atoms with Gasteiger partial charge in [0, 0.05) is 32.1 Å². The van der Waals surface area contributed by atoms with Crippen LogP contribution in [0.2, 0.25) is 0 Å². The third kappa shape index (κ3) is 3.70. The highest BCUT2D eigenvalue weighted by atomic mass is 16.2. The summed E-state index contributed by atoms with van der Waals surface area (Å²) in [5.41, 5.74) is 2.64. The fourth-order valence-electron chi connectivity index (χ4n) is 3.86. The number of rotatable bonds is 6. The molecule has 1 aromatic carbocycles. The zero-order chi connectivity index (χ0) is 15.4. The van der Waals surface area contributed by atoms with E-state index in [4.69, 9.17) is 0 Å². The van der Waals surface area contributed by atoms with Gasteiger partial charge in [-0.25, -0.2) is 0 Å². The van der Waals surface area contributed by atoms with E-state index in [2.05, 4.69) is 36.5 Å². The van der Waals surface area contributed by atoms with Crippen LogP contribution in [-0.2, 0) is 17.9 Å². The second-order valence-electron chi connectivity index (χ2n) is 6.90. The van der Waals surface area contributed by atoms with Gasteiger partial charge in [0.25, 0.3) is 0 Å². The van der Waals surface area contributed by atoms with Crippen LogP contribution in [0.3, 0.4) is 0 Å². The number of amides is 1. The second-order valence-corrected chi connectivity index (χ2v) is 6.90. The minimum Gasteiger partial charge on any atom is -0.338 e. The lowest BCUT2D eigenvalue weighted by Crippen LogP contribution is -2.32. The molecule has 1 heterocycles. The van der Waals surface area contributed by atoms with Crippen LogP contribution in [0.15, 0.2) is 24.3 Å². The topological polar surface area (TPSA) is 32.3 Å².